The number of aryl methyl sites for hydroxylation is 1. The van der Waals surface area contributed by atoms with Gasteiger partial charge in [-0.25, -0.2) is 4.68 Å². The van der Waals surface area contributed by atoms with Crippen LogP contribution >= 0.6 is 0 Å². The molecule has 0 fully saturated rings. The molecule has 0 radical (unpaired) electrons. The first-order chi connectivity index (χ1) is 4.75. The SMILES string of the molecule is C=CC(=O)n1nccc1C. The Morgan fingerprint density at radius 1 is 1.90 bits per heavy atom. The molecule has 3 nitrogen and oxygen atoms in total. The molecule has 0 amide bonds. The van der Waals surface area contributed by atoms with Crippen molar-refractivity contribution in [2.75, 3.05) is 0 Å². The predicted octanol–water partition coefficient (Wildman–Crippen LogP) is 1.02. The van der Waals surface area contributed by atoms with E-state index in [0.717, 1.165) is 5.69 Å². The second-order valence-electron chi connectivity index (χ2n) is 1.93. The largest absolute Gasteiger partial charge is 0.270 e. The van der Waals surface area contributed by atoms with E-state index in [-0.39, 0.29) is 5.91 Å². The summed E-state index contributed by atoms with van der Waals surface area (Å²) in [5.41, 5.74) is 0.824. The third-order valence-corrected chi connectivity index (χ3v) is 1.22. The van der Waals surface area contributed by atoms with E-state index in [2.05, 4.69) is 11.7 Å². The van der Waals surface area contributed by atoms with Gasteiger partial charge in [-0.05, 0) is 19.1 Å². The van der Waals surface area contributed by atoms with Crippen LogP contribution in [0.2, 0.25) is 0 Å². The molecular formula is C7H8N2O. The lowest BCUT2D eigenvalue weighted by molar-refractivity contribution is 0.0952. The molecule has 0 aliphatic heterocycles. The molecule has 10 heavy (non-hydrogen) atoms. The van der Waals surface area contributed by atoms with Crippen molar-refractivity contribution >= 4 is 5.91 Å². The Kier molecular flexibility index (Phi) is 1.67. The molecule has 0 atom stereocenters. The number of hydrogen-bond acceptors (Lipinski definition) is 2. The van der Waals surface area contributed by atoms with E-state index in [1.165, 1.54) is 10.8 Å². The standard InChI is InChI=1S/C7H8N2O/c1-3-7(10)9-6(2)4-5-8-9/h3-5H,1H2,2H3. The molecule has 1 aromatic heterocycles. The quantitative estimate of drug-likeness (QED) is 0.540. The minimum atomic E-state index is -0.192. The second kappa shape index (κ2) is 2.47. The molecule has 1 aromatic rings. The summed E-state index contributed by atoms with van der Waals surface area (Å²) in [6.45, 7) is 5.16. The van der Waals surface area contributed by atoms with Crippen molar-refractivity contribution in [3.8, 4) is 0 Å². The molecule has 0 bridgehead atoms. The Balaban J connectivity index is 3.04. The smallest absolute Gasteiger partial charge is 0.267 e. The molecule has 0 aliphatic carbocycles. The highest BCUT2D eigenvalue weighted by Gasteiger charge is 2.01. The fourth-order valence-corrected chi connectivity index (χ4v) is 0.687. The highest BCUT2D eigenvalue weighted by atomic mass is 16.2. The molecule has 0 spiro atoms. The van der Waals surface area contributed by atoms with Gasteiger partial charge in [0.25, 0.3) is 5.91 Å². The highest BCUT2D eigenvalue weighted by Crippen LogP contribution is 1.94. The Morgan fingerprint density at radius 3 is 3.00 bits per heavy atom. The molecule has 1 rings (SSSR count). The van der Waals surface area contributed by atoms with Crippen LogP contribution in [0.1, 0.15) is 10.5 Å². The maximum atomic E-state index is 10.9. The van der Waals surface area contributed by atoms with Crippen LogP contribution in [0, 0.1) is 6.92 Å². The normalized spacial score (nSPS) is 9.30. The van der Waals surface area contributed by atoms with E-state index >= 15 is 0 Å². The molecule has 0 unspecified atom stereocenters. The lowest BCUT2D eigenvalue weighted by Gasteiger charge is -1.94. The summed E-state index contributed by atoms with van der Waals surface area (Å²) in [4.78, 5) is 10.9. The topological polar surface area (TPSA) is 34.9 Å². The maximum absolute atomic E-state index is 10.9. The molecule has 3 heteroatoms. The molecule has 0 N–H and O–H groups in total. The Labute approximate surface area is 59.0 Å². The number of carbonyl (C=O) groups excluding carboxylic acids is 1. The van der Waals surface area contributed by atoms with Crippen LogP contribution in [0.4, 0.5) is 0 Å². The summed E-state index contributed by atoms with van der Waals surface area (Å²) in [6, 6.07) is 1.77. The van der Waals surface area contributed by atoms with Gasteiger partial charge in [-0.2, -0.15) is 5.10 Å². The summed E-state index contributed by atoms with van der Waals surface area (Å²) in [5.74, 6) is -0.192. The van der Waals surface area contributed by atoms with Gasteiger partial charge < -0.3 is 0 Å². The van der Waals surface area contributed by atoms with Gasteiger partial charge in [-0.1, -0.05) is 6.58 Å². The van der Waals surface area contributed by atoms with Crippen molar-refractivity contribution in [1.29, 1.82) is 0 Å². The van der Waals surface area contributed by atoms with Gasteiger partial charge in [-0.3, -0.25) is 4.79 Å². The van der Waals surface area contributed by atoms with E-state index in [1.54, 1.807) is 12.3 Å². The van der Waals surface area contributed by atoms with Crippen LogP contribution in [0.25, 0.3) is 0 Å². The third kappa shape index (κ3) is 0.978. The summed E-state index contributed by atoms with van der Waals surface area (Å²) in [6.07, 6.45) is 2.82. The number of hydrogen-bond donors (Lipinski definition) is 0. The fourth-order valence-electron chi connectivity index (χ4n) is 0.687. The Bertz CT molecular complexity index is 262. The molecule has 52 valence electrons. The summed E-state index contributed by atoms with van der Waals surface area (Å²) >= 11 is 0. The van der Waals surface area contributed by atoms with Gasteiger partial charge in [0.1, 0.15) is 0 Å². The van der Waals surface area contributed by atoms with E-state index < -0.39 is 0 Å². The predicted molar refractivity (Wildman–Crippen MR) is 37.8 cm³/mol. The first-order valence-corrected chi connectivity index (χ1v) is 2.93. The van der Waals surface area contributed by atoms with E-state index in [0.29, 0.717) is 0 Å². The minimum absolute atomic E-state index is 0.192. The van der Waals surface area contributed by atoms with Gasteiger partial charge in [0.2, 0.25) is 0 Å². The first kappa shape index (κ1) is 6.74. The van der Waals surface area contributed by atoms with Crippen LogP contribution in [0.5, 0.6) is 0 Å². The van der Waals surface area contributed by atoms with Crippen LogP contribution < -0.4 is 0 Å². The molecule has 0 saturated heterocycles. The van der Waals surface area contributed by atoms with E-state index in [1.807, 2.05) is 6.92 Å². The van der Waals surface area contributed by atoms with Crippen molar-refractivity contribution in [2.24, 2.45) is 0 Å². The number of aromatic nitrogens is 2. The van der Waals surface area contributed by atoms with Crippen molar-refractivity contribution in [2.45, 2.75) is 6.92 Å². The number of rotatable bonds is 1. The van der Waals surface area contributed by atoms with Gasteiger partial charge in [-0.15, -0.1) is 0 Å². The van der Waals surface area contributed by atoms with Crippen molar-refractivity contribution in [3.63, 3.8) is 0 Å². The average molecular weight is 136 g/mol. The highest BCUT2D eigenvalue weighted by molar-refractivity contribution is 5.88. The summed E-state index contributed by atoms with van der Waals surface area (Å²) in [7, 11) is 0. The summed E-state index contributed by atoms with van der Waals surface area (Å²) in [5, 5.41) is 3.78. The first-order valence-electron chi connectivity index (χ1n) is 2.93. The van der Waals surface area contributed by atoms with Crippen LogP contribution in [0.15, 0.2) is 24.9 Å². The lowest BCUT2D eigenvalue weighted by atomic mass is 10.5. The zero-order chi connectivity index (χ0) is 7.56. The molecule has 0 aliphatic rings. The molecule has 0 aromatic carbocycles. The third-order valence-electron chi connectivity index (χ3n) is 1.22. The van der Waals surface area contributed by atoms with Gasteiger partial charge >= 0.3 is 0 Å². The van der Waals surface area contributed by atoms with Crippen LogP contribution in [-0.2, 0) is 0 Å². The fraction of sp³-hybridized carbons (Fsp3) is 0.143. The Morgan fingerprint density at radius 2 is 2.60 bits per heavy atom. The van der Waals surface area contributed by atoms with Crippen molar-refractivity contribution < 1.29 is 4.79 Å². The molecule has 1 heterocycles. The van der Waals surface area contributed by atoms with Crippen LogP contribution in [-0.4, -0.2) is 15.7 Å². The maximum Gasteiger partial charge on any atom is 0.270 e. The van der Waals surface area contributed by atoms with E-state index in [4.69, 9.17) is 0 Å². The Hall–Kier alpha value is -1.38. The zero-order valence-electron chi connectivity index (χ0n) is 5.74. The number of carbonyl (C=O) groups is 1. The van der Waals surface area contributed by atoms with Gasteiger partial charge in [0, 0.05) is 11.9 Å². The minimum Gasteiger partial charge on any atom is -0.267 e. The monoisotopic (exact) mass is 136 g/mol. The summed E-state index contributed by atoms with van der Waals surface area (Å²) < 4.78 is 1.30. The van der Waals surface area contributed by atoms with Gasteiger partial charge in [0.05, 0.1) is 0 Å². The number of allylic oxidation sites excluding steroid dienone is 1. The number of nitrogens with zero attached hydrogens (tertiary/aromatic N) is 2. The second-order valence-corrected chi connectivity index (χ2v) is 1.93. The zero-order valence-corrected chi connectivity index (χ0v) is 5.74. The molecule has 0 saturated carbocycles. The van der Waals surface area contributed by atoms with Crippen molar-refractivity contribution in [3.05, 3.63) is 30.6 Å². The average Bonchev–Trinajstić information content (AvgIpc) is 2.34. The van der Waals surface area contributed by atoms with Gasteiger partial charge in [0.15, 0.2) is 0 Å². The van der Waals surface area contributed by atoms with Crippen LogP contribution in [0.3, 0.4) is 0 Å². The van der Waals surface area contributed by atoms with E-state index in [9.17, 15) is 4.79 Å². The van der Waals surface area contributed by atoms with Crippen molar-refractivity contribution in [1.82, 2.24) is 9.78 Å². The molecular weight excluding hydrogens is 128 g/mol. The lowest BCUT2D eigenvalue weighted by Crippen LogP contribution is -2.09.